The molecule has 0 aromatic heterocycles. The van der Waals surface area contributed by atoms with Crippen molar-refractivity contribution in [2.24, 2.45) is 0 Å². The minimum Gasteiger partial charge on any atom is -0.444 e. The number of nitrogens with one attached hydrogen (secondary N) is 1. The van der Waals surface area contributed by atoms with Crippen molar-refractivity contribution in [1.29, 1.82) is 0 Å². The number of piperidine rings is 1. The molecule has 1 aliphatic carbocycles. The summed E-state index contributed by atoms with van der Waals surface area (Å²) < 4.78 is 31.0. The molecule has 8 heteroatoms. The van der Waals surface area contributed by atoms with Crippen LogP contribution in [0.15, 0.2) is 30.3 Å². The number of nitrogens with zero attached hydrogens (tertiary/aromatic N) is 1. The normalized spacial score (nSPS) is 32.4. The summed E-state index contributed by atoms with van der Waals surface area (Å²) in [5.74, 6) is -0.265. The second-order valence-electron chi connectivity index (χ2n) is 10.8. The van der Waals surface area contributed by atoms with E-state index in [9.17, 15) is 14.0 Å². The van der Waals surface area contributed by atoms with E-state index in [1.54, 1.807) is 4.90 Å². The molecule has 3 aliphatic rings. The van der Waals surface area contributed by atoms with Crippen LogP contribution in [0.1, 0.15) is 70.8 Å². The molecule has 1 aromatic carbocycles. The zero-order valence-electron chi connectivity index (χ0n) is 20.4. The Bertz CT molecular complexity index is 852. The van der Waals surface area contributed by atoms with Crippen molar-refractivity contribution in [2.75, 3.05) is 19.8 Å². The van der Waals surface area contributed by atoms with Gasteiger partial charge in [-0.05, 0) is 70.8 Å². The molecule has 188 valence electrons. The molecule has 0 bridgehead atoms. The topological polar surface area (TPSA) is 77.1 Å². The van der Waals surface area contributed by atoms with Crippen molar-refractivity contribution in [2.45, 2.75) is 94.9 Å². The van der Waals surface area contributed by atoms with Crippen molar-refractivity contribution in [3.05, 3.63) is 35.9 Å². The number of hydrogen-bond donors (Lipinski definition) is 1. The summed E-state index contributed by atoms with van der Waals surface area (Å²) >= 11 is 0. The average Bonchev–Trinajstić information content (AvgIpc) is 2.80. The number of alkyl halides is 1. The van der Waals surface area contributed by atoms with Gasteiger partial charge in [-0.2, -0.15) is 0 Å². The van der Waals surface area contributed by atoms with E-state index in [0.29, 0.717) is 25.3 Å². The van der Waals surface area contributed by atoms with Crippen molar-refractivity contribution in [3.8, 4) is 0 Å². The van der Waals surface area contributed by atoms with Crippen molar-refractivity contribution in [1.82, 2.24) is 10.2 Å². The Labute approximate surface area is 201 Å². The molecule has 2 aliphatic heterocycles. The second-order valence-corrected chi connectivity index (χ2v) is 10.8. The lowest BCUT2D eigenvalue weighted by Crippen LogP contribution is -2.73. The van der Waals surface area contributed by atoms with Crippen LogP contribution in [0, 0.1) is 0 Å². The van der Waals surface area contributed by atoms with Gasteiger partial charge in [0.15, 0.2) is 0 Å². The number of carbonyl (C=O) groups excluding carboxylic acids is 2. The summed E-state index contributed by atoms with van der Waals surface area (Å²) in [7, 11) is 0. The Kier molecular flexibility index (Phi) is 7.48. The number of hydrogen-bond acceptors (Lipinski definition) is 5. The molecule has 1 aromatic rings. The third kappa shape index (κ3) is 5.71. The Hall–Kier alpha value is -2.19. The molecule has 0 radical (unpaired) electrons. The lowest BCUT2D eigenvalue weighted by molar-refractivity contribution is -0.173. The first kappa shape index (κ1) is 24.9. The largest absolute Gasteiger partial charge is 0.444 e. The van der Waals surface area contributed by atoms with Gasteiger partial charge >= 0.3 is 6.09 Å². The fraction of sp³-hybridized carbons (Fsp3) is 0.692. The molecular formula is C26H37FN2O5. The minimum absolute atomic E-state index is 0.00597. The van der Waals surface area contributed by atoms with E-state index in [1.165, 1.54) is 5.56 Å². The van der Waals surface area contributed by atoms with Gasteiger partial charge < -0.3 is 24.4 Å². The van der Waals surface area contributed by atoms with Crippen LogP contribution in [0.3, 0.4) is 0 Å². The molecule has 1 saturated carbocycles. The predicted octanol–water partition coefficient (Wildman–Crippen LogP) is 4.31. The van der Waals surface area contributed by atoms with E-state index < -0.39 is 35.5 Å². The molecule has 3 fully saturated rings. The summed E-state index contributed by atoms with van der Waals surface area (Å²) in [6, 6.07) is 10.1. The van der Waals surface area contributed by atoms with Crippen LogP contribution in [0.2, 0.25) is 0 Å². The fourth-order valence-electron chi connectivity index (χ4n) is 5.44. The fourth-order valence-corrected chi connectivity index (χ4v) is 5.44. The monoisotopic (exact) mass is 476 g/mol. The van der Waals surface area contributed by atoms with Gasteiger partial charge in [0, 0.05) is 6.54 Å². The Morgan fingerprint density at radius 1 is 1.21 bits per heavy atom. The Morgan fingerprint density at radius 3 is 2.56 bits per heavy atom. The van der Waals surface area contributed by atoms with E-state index >= 15 is 0 Å². The number of amides is 2. The quantitative estimate of drug-likeness (QED) is 0.701. The van der Waals surface area contributed by atoms with Crippen LogP contribution >= 0.6 is 0 Å². The number of halogens is 1. The molecule has 4 rings (SSSR count). The molecule has 2 heterocycles. The highest BCUT2D eigenvalue weighted by Crippen LogP contribution is 2.36. The first-order valence-electron chi connectivity index (χ1n) is 12.4. The number of rotatable bonds is 4. The van der Waals surface area contributed by atoms with Gasteiger partial charge in [0.05, 0.1) is 30.9 Å². The predicted molar refractivity (Wildman–Crippen MR) is 125 cm³/mol. The smallest absolute Gasteiger partial charge is 0.410 e. The lowest BCUT2D eigenvalue weighted by atomic mass is 9.80. The van der Waals surface area contributed by atoms with Gasteiger partial charge in [-0.25, -0.2) is 9.18 Å². The molecule has 1 N–H and O–H groups in total. The van der Waals surface area contributed by atoms with Crippen LogP contribution < -0.4 is 5.32 Å². The molecule has 34 heavy (non-hydrogen) atoms. The van der Waals surface area contributed by atoms with Gasteiger partial charge in [0.2, 0.25) is 0 Å². The van der Waals surface area contributed by atoms with Gasteiger partial charge in [-0.15, -0.1) is 0 Å². The highest BCUT2D eigenvalue weighted by molar-refractivity contribution is 5.81. The maximum absolute atomic E-state index is 13.8. The summed E-state index contributed by atoms with van der Waals surface area (Å²) in [6.45, 7) is 6.18. The maximum Gasteiger partial charge on any atom is 0.410 e. The Morgan fingerprint density at radius 2 is 1.91 bits per heavy atom. The van der Waals surface area contributed by atoms with Crippen LogP contribution in [-0.2, 0) is 19.0 Å². The minimum atomic E-state index is -1.99. The highest BCUT2D eigenvalue weighted by Gasteiger charge is 2.52. The molecular weight excluding hydrogens is 439 g/mol. The maximum atomic E-state index is 13.8. The zero-order valence-corrected chi connectivity index (χ0v) is 20.4. The molecule has 7 nitrogen and oxygen atoms in total. The molecule has 2 amide bonds. The number of likely N-dealkylation sites (tertiary alicyclic amines) is 1. The van der Waals surface area contributed by atoms with Crippen LogP contribution in [0.25, 0.3) is 0 Å². The first-order valence-corrected chi connectivity index (χ1v) is 12.4. The third-order valence-electron chi connectivity index (χ3n) is 7.16. The number of carbonyl (C=O) groups is 2. The van der Waals surface area contributed by atoms with Gasteiger partial charge in [-0.3, -0.25) is 4.79 Å². The molecule has 3 unspecified atom stereocenters. The third-order valence-corrected chi connectivity index (χ3v) is 7.16. The molecule has 1 spiro atoms. The average molecular weight is 477 g/mol. The summed E-state index contributed by atoms with van der Waals surface area (Å²) in [4.78, 5) is 26.9. The van der Waals surface area contributed by atoms with Gasteiger partial charge in [-0.1, -0.05) is 30.3 Å². The van der Waals surface area contributed by atoms with Gasteiger partial charge in [0.1, 0.15) is 5.60 Å². The molecule has 2 saturated heterocycles. The van der Waals surface area contributed by atoms with Crippen molar-refractivity contribution >= 4 is 12.0 Å². The van der Waals surface area contributed by atoms with Crippen LogP contribution in [0.4, 0.5) is 9.18 Å². The van der Waals surface area contributed by atoms with Crippen LogP contribution in [0.5, 0.6) is 0 Å². The summed E-state index contributed by atoms with van der Waals surface area (Å²) in [5, 5.41) is 2.83. The number of morpholine rings is 1. The van der Waals surface area contributed by atoms with E-state index in [-0.39, 0.29) is 19.3 Å². The SMILES string of the molecule is CC(C)(C)OC(=O)N1CCCC2(COC(F)C(=O)N2)C1COC1CCC(c2ccccc2)CC1. The van der Waals surface area contributed by atoms with E-state index in [1.807, 2.05) is 26.8 Å². The van der Waals surface area contributed by atoms with E-state index in [4.69, 9.17) is 14.2 Å². The van der Waals surface area contributed by atoms with E-state index in [0.717, 1.165) is 25.7 Å². The highest BCUT2D eigenvalue weighted by atomic mass is 19.1. The number of ether oxygens (including phenoxy) is 3. The van der Waals surface area contributed by atoms with Crippen molar-refractivity contribution in [3.63, 3.8) is 0 Å². The Balaban J connectivity index is 1.44. The van der Waals surface area contributed by atoms with Crippen LogP contribution in [-0.4, -0.2) is 66.3 Å². The van der Waals surface area contributed by atoms with Crippen molar-refractivity contribution < 1.29 is 28.2 Å². The van der Waals surface area contributed by atoms with E-state index in [2.05, 4.69) is 29.6 Å². The zero-order chi connectivity index (χ0) is 24.3. The second kappa shape index (κ2) is 10.2. The summed E-state index contributed by atoms with van der Waals surface area (Å²) in [5.41, 5.74) is -0.180. The lowest BCUT2D eigenvalue weighted by Gasteiger charge is -2.51. The number of benzene rings is 1. The molecule has 3 atom stereocenters. The summed E-state index contributed by atoms with van der Waals surface area (Å²) in [6.07, 6.45) is 2.82. The standard InChI is InChI=1S/C26H37FN2O5/c1-25(2,3)34-24(31)29-15-7-14-26(17-33-22(27)23(30)28-26)21(29)16-32-20-12-10-19(11-13-20)18-8-5-4-6-9-18/h4-6,8-9,19-22H,7,10-17H2,1-3H3,(H,28,30). The first-order chi connectivity index (χ1) is 16.2. The van der Waals surface area contributed by atoms with Gasteiger partial charge in [0.25, 0.3) is 12.3 Å².